The average molecular weight is 344 g/mol. The van der Waals surface area contributed by atoms with Crippen LogP contribution in [-0.2, 0) is 4.74 Å². The standard InChI is InChI=1S/C14H18BrNO4/c1-2-3-4-5-6-9-20-14(17)11-7-8-12(15)13(10-11)16(18)19/h7-8,10H,2-6,9H2,1H3. The van der Waals surface area contributed by atoms with E-state index in [4.69, 9.17) is 4.74 Å². The topological polar surface area (TPSA) is 69.4 Å². The van der Waals surface area contributed by atoms with Crippen LogP contribution in [0.15, 0.2) is 22.7 Å². The summed E-state index contributed by atoms with van der Waals surface area (Å²) in [6.45, 7) is 2.49. The van der Waals surface area contributed by atoms with E-state index in [0.717, 1.165) is 19.3 Å². The van der Waals surface area contributed by atoms with Crippen LogP contribution in [0.5, 0.6) is 0 Å². The van der Waals surface area contributed by atoms with Crippen molar-refractivity contribution in [1.29, 1.82) is 0 Å². The predicted molar refractivity (Wildman–Crippen MR) is 79.8 cm³/mol. The summed E-state index contributed by atoms with van der Waals surface area (Å²) in [6, 6.07) is 4.22. The minimum Gasteiger partial charge on any atom is -0.462 e. The zero-order valence-electron chi connectivity index (χ0n) is 11.4. The van der Waals surface area contributed by atoms with Crippen molar-refractivity contribution in [3.05, 3.63) is 38.3 Å². The minimum atomic E-state index is -0.536. The van der Waals surface area contributed by atoms with Crippen LogP contribution < -0.4 is 0 Å². The second kappa shape index (κ2) is 8.68. The van der Waals surface area contributed by atoms with Gasteiger partial charge >= 0.3 is 5.97 Å². The number of carbonyl (C=O) groups is 1. The molecule has 0 heterocycles. The maximum Gasteiger partial charge on any atom is 0.338 e. The number of carbonyl (C=O) groups excluding carboxylic acids is 1. The molecule has 0 aromatic heterocycles. The summed E-state index contributed by atoms with van der Waals surface area (Å²) in [5, 5.41) is 10.8. The lowest BCUT2D eigenvalue weighted by atomic mass is 10.2. The Morgan fingerprint density at radius 3 is 2.65 bits per heavy atom. The Balaban J connectivity index is 2.47. The summed E-state index contributed by atoms with van der Waals surface area (Å²) >= 11 is 3.07. The first kappa shape index (κ1) is 16.6. The third-order valence-corrected chi connectivity index (χ3v) is 3.53. The number of nitro benzene ring substituents is 1. The highest BCUT2D eigenvalue weighted by Crippen LogP contribution is 2.25. The smallest absolute Gasteiger partial charge is 0.338 e. The van der Waals surface area contributed by atoms with Crippen molar-refractivity contribution >= 4 is 27.6 Å². The fourth-order valence-electron chi connectivity index (χ4n) is 1.73. The van der Waals surface area contributed by atoms with Crippen LogP contribution in [0.4, 0.5) is 5.69 Å². The molecule has 0 radical (unpaired) electrons. The van der Waals surface area contributed by atoms with Gasteiger partial charge in [-0.05, 0) is 34.5 Å². The summed E-state index contributed by atoms with van der Waals surface area (Å²) in [5.41, 5.74) is 0.0656. The highest BCUT2D eigenvalue weighted by atomic mass is 79.9. The van der Waals surface area contributed by atoms with E-state index in [9.17, 15) is 14.9 Å². The van der Waals surface area contributed by atoms with Crippen LogP contribution in [0, 0.1) is 10.1 Å². The fourth-order valence-corrected chi connectivity index (χ4v) is 2.12. The van der Waals surface area contributed by atoms with E-state index >= 15 is 0 Å². The Bertz CT molecular complexity index is 476. The predicted octanol–water partition coefficient (Wildman–Crippen LogP) is 4.48. The fraction of sp³-hybridized carbons (Fsp3) is 0.500. The maximum absolute atomic E-state index is 11.8. The Hall–Kier alpha value is -1.43. The number of hydrogen-bond acceptors (Lipinski definition) is 4. The van der Waals surface area contributed by atoms with Gasteiger partial charge in [-0.15, -0.1) is 0 Å². The Kier molecular flexibility index (Phi) is 7.22. The van der Waals surface area contributed by atoms with Gasteiger partial charge in [-0.25, -0.2) is 4.79 Å². The molecule has 0 aliphatic heterocycles. The number of unbranched alkanes of at least 4 members (excludes halogenated alkanes) is 4. The van der Waals surface area contributed by atoms with E-state index in [1.165, 1.54) is 31.0 Å². The summed E-state index contributed by atoms with van der Waals surface area (Å²) in [6.07, 6.45) is 5.35. The zero-order chi connectivity index (χ0) is 15.0. The van der Waals surface area contributed by atoms with Crippen molar-refractivity contribution in [2.45, 2.75) is 39.0 Å². The number of rotatable bonds is 8. The quantitative estimate of drug-likeness (QED) is 0.302. The van der Waals surface area contributed by atoms with Crippen molar-refractivity contribution in [3.63, 3.8) is 0 Å². The SMILES string of the molecule is CCCCCCCOC(=O)c1ccc(Br)c([N+](=O)[O-])c1. The molecule has 0 saturated heterocycles. The Labute approximate surface area is 126 Å². The number of esters is 1. The molecule has 20 heavy (non-hydrogen) atoms. The van der Waals surface area contributed by atoms with Gasteiger partial charge in [-0.2, -0.15) is 0 Å². The third kappa shape index (κ3) is 5.28. The van der Waals surface area contributed by atoms with E-state index in [-0.39, 0.29) is 11.3 Å². The molecule has 0 bridgehead atoms. The van der Waals surface area contributed by atoms with E-state index in [2.05, 4.69) is 22.9 Å². The summed E-state index contributed by atoms with van der Waals surface area (Å²) in [4.78, 5) is 22.0. The van der Waals surface area contributed by atoms with Gasteiger partial charge in [0.05, 0.1) is 21.6 Å². The van der Waals surface area contributed by atoms with Crippen LogP contribution in [0.2, 0.25) is 0 Å². The normalized spacial score (nSPS) is 10.3. The lowest BCUT2D eigenvalue weighted by molar-refractivity contribution is -0.385. The first-order valence-electron chi connectivity index (χ1n) is 6.67. The van der Waals surface area contributed by atoms with Gasteiger partial charge < -0.3 is 4.74 Å². The molecule has 0 spiro atoms. The van der Waals surface area contributed by atoms with Crippen LogP contribution in [0.1, 0.15) is 49.4 Å². The second-order valence-electron chi connectivity index (χ2n) is 4.47. The number of benzene rings is 1. The lowest BCUT2D eigenvalue weighted by Gasteiger charge is -2.05. The summed E-state index contributed by atoms with van der Waals surface area (Å²) in [7, 11) is 0. The van der Waals surface area contributed by atoms with Crippen LogP contribution in [0.3, 0.4) is 0 Å². The number of nitro groups is 1. The van der Waals surface area contributed by atoms with Gasteiger partial charge in [0.2, 0.25) is 0 Å². The largest absolute Gasteiger partial charge is 0.462 e. The Morgan fingerprint density at radius 2 is 2.00 bits per heavy atom. The molecule has 6 heteroatoms. The molecule has 0 N–H and O–H groups in total. The van der Waals surface area contributed by atoms with Crippen molar-refractivity contribution in [3.8, 4) is 0 Å². The molecular formula is C14H18BrNO4. The number of hydrogen-bond donors (Lipinski definition) is 0. The van der Waals surface area contributed by atoms with E-state index < -0.39 is 10.9 Å². The van der Waals surface area contributed by atoms with Crippen LogP contribution >= 0.6 is 15.9 Å². The molecule has 1 aromatic rings. The monoisotopic (exact) mass is 343 g/mol. The van der Waals surface area contributed by atoms with Gasteiger partial charge in [-0.3, -0.25) is 10.1 Å². The molecule has 0 fully saturated rings. The van der Waals surface area contributed by atoms with E-state index in [0.29, 0.717) is 11.1 Å². The molecule has 5 nitrogen and oxygen atoms in total. The molecule has 0 aliphatic carbocycles. The van der Waals surface area contributed by atoms with Crippen LogP contribution in [0.25, 0.3) is 0 Å². The molecular weight excluding hydrogens is 326 g/mol. The lowest BCUT2D eigenvalue weighted by Crippen LogP contribution is -2.07. The first-order chi connectivity index (χ1) is 9.56. The molecule has 0 atom stereocenters. The van der Waals surface area contributed by atoms with Gasteiger partial charge in [0, 0.05) is 6.07 Å². The number of ether oxygens (including phenoxy) is 1. The molecule has 0 unspecified atom stereocenters. The maximum atomic E-state index is 11.8. The molecule has 110 valence electrons. The van der Waals surface area contributed by atoms with Gasteiger partial charge in [0.25, 0.3) is 5.69 Å². The second-order valence-corrected chi connectivity index (χ2v) is 5.33. The van der Waals surface area contributed by atoms with Gasteiger partial charge in [-0.1, -0.05) is 32.6 Å². The highest BCUT2D eigenvalue weighted by Gasteiger charge is 2.16. The van der Waals surface area contributed by atoms with Crippen molar-refractivity contribution < 1.29 is 14.5 Å². The minimum absolute atomic E-state index is 0.137. The molecule has 1 rings (SSSR count). The molecule has 1 aromatic carbocycles. The summed E-state index contributed by atoms with van der Waals surface area (Å²) < 4.78 is 5.45. The van der Waals surface area contributed by atoms with Gasteiger partial charge in [0.1, 0.15) is 0 Å². The Morgan fingerprint density at radius 1 is 1.30 bits per heavy atom. The number of halogens is 1. The van der Waals surface area contributed by atoms with Crippen molar-refractivity contribution in [2.75, 3.05) is 6.61 Å². The highest BCUT2D eigenvalue weighted by molar-refractivity contribution is 9.10. The molecule has 0 aliphatic rings. The number of nitrogens with zero attached hydrogens (tertiary/aromatic N) is 1. The van der Waals surface area contributed by atoms with E-state index in [1.54, 1.807) is 0 Å². The molecule has 0 amide bonds. The van der Waals surface area contributed by atoms with Crippen LogP contribution in [-0.4, -0.2) is 17.5 Å². The van der Waals surface area contributed by atoms with E-state index in [1.807, 2.05) is 0 Å². The first-order valence-corrected chi connectivity index (χ1v) is 7.46. The van der Waals surface area contributed by atoms with Crippen molar-refractivity contribution in [1.82, 2.24) is 0 Å². The van der Waals surface area contributed by atoms with Gasteiger partial charge in [0.15, 0.2) is 0 Å². The zero-order valence-corrected chi connectivity index (χ0v) is 13.0. The third-order valence-electron chi connectivity index (χ3n) is 2.86. The summed E-state index contributed by atoms with van der Waals surface area (Å²) in [5.74, 6) is -0.518. The average Bonchev–Trinajstić information content (AvgIpc) is 2.42. The molecule has 0 saturated carbocycles. The van der Waals surface area contributed by atoms with Crippen molar-refractivity contribution in [2.24, 2.45) is 0 Å².